The molecule has 16 heavy (non-hydrogen) atoms. The van der Waals surface area contributed by atoms with Crippen molar-refractivity contribution in [2.75, 3.05) is 5.33 Å². The van der Waals surface area contributed by atoms with Crippen molar-refractivity contribution in [3.8, 4) is 0 Å². The van der Waals surface area contributed by atoms with Crippen LogP contribution in [-0.2, 0) is 0 Å². The fraction of sp³-hybridized carbons (Fsp3) is 0.200. The highest BCUT2D eigenvalue weighted by molar-refractivity contribution is 9.09. The number of alkyl halides is 4. The van der Waals surface area contributed by atoms with Crippen molar-refractivity contribution in [2.24, 2.45) is 0 Å². The maximum atomic E-state index is 12.0. The summed E-state index contributed by atoms with van der Waals surface area (Å²) in [6, 6.07) is 4.38. The molecule has 0 aromatic heterocycles. The Labute approximate surface area is 97.6 Å². The van der Waals surface area contributed by atoms with Crippen LogP contribution in [0, 0.1) is 0 Å². The average molecular weight is 295 g/mol. The molecule has 0 fully saturated rings. The van der Waals surface area contributed by atoms with Crippen molar-refractivity contribution in [3.63, 3.8) is 0 Å². The topological polar surface area (TPSA) is 34.1 Å². The highest BCUT2D eigenvalue weighted by Crippen LogP contribution is 2.21. The third-order valence-electron chi connectivity index (χ3n) is 1.85. The highest BCUT2D eigenvalue weighted by atomic mass is 79.9. The van der Waals surface area contributed by atoms with Crippen LogP contribution in [-0.4, -0.2) is 23.1 Å². The molecule has 0 spiro atoms. The van der Waals surface area contributed by atoms with Gasteiger partial charge in [0.25, 0.3) is 5.78 Å². The Hall–Kier alpha value is -1.17. The number of halogens is 4. The summed E-state index contributed by atoms with van der Waals surface area (Å²) in [6.45, 7) is 0. The molecule has 0 bridgehead atoms. The molecule has 0 unspecified atom stereocenters. The first-order valence-electron chi connectivity index (χ1n) is 4.17. The molecule has 86 valence electrons. The molecule has 0 radical (unpaired) electrons. The molecule has 6 heteroatoms. The number of hydrogen-bond donors (Lipinski definition) is 0. The lowest BCUT2D eigenvalue weighted by Crippen LogP contribution is -2.22. The van der Waals surface area contributed by atoms with E-state index < -0.39 is 17.5 Å². The van der Waals surface area contributed by atoms with Crippen molar-refractivity contribution >= 4 is 27.5 Å². The van der Waals surface area contributed by atoms with Crippen LogP contribution in [0.3, 0.4) is 0 Å². The molecule has 0 saturated heterocycles. The predicted octanol–water partition coefficient (Wildman–Crippen LogP) is 3.01. The molecule has 1 aromatic rings. The fourth-order valence-electron chi connectivity index (χ4n) is 1.05. The number of benzene rings is 1. The van der Waals surface area contributed by atoms with Gasteiger partial charge < -0.3 is 0 Å². The van der Waals surface area contributed by atoms with Crippen LogP contribution < -0.4 is 0 Å². The monoisotopic (exact) mass is 294 g/mol. The van der Waals surface area contributed by atoms with E-state index in [1.807, 2.05) is 0 Å². The van der Waals surface area contributed by atoms with Gasteiger partial charge in [0.05, 0.1) is 5.33 Å². The number of carbonyl (C=O) groups excluding carboxylic acids is 2. The number of hydrogen-bond acceptors (Lipinski definition) is 2. The fourth-order valence-corrected chi connectivity index (χ4v) is 1.37. The van der Waals surface area contributed by atoms with Gasteiger partial charge in [0.2, 0.25) is 0 Å². The SMILES string of the molecule is O=C(CBr)c1ccc(C(=O)C(F)(F)F)cc1. The number of Topliss-reactive ketones (excluding diaryl/α,β-unsaturated/α-hetero) is 2. The number of rotatable bonds is 3. The molecule has 0 heterocycles. The van der Waals surface area contributed by atoms with E-state index >= 15 is 0 Å². The van der Waals surface area contributed by atoms with Gasteiger partial charge >= 0.3 is 6.18 Å². The van der Waals surface area contributed by atoms with E-state index in [0.29, 0.717) is 0 Å². The Balaban J connectivity index is 2.96. The van der Waals surface area contributed by atoms with E-state index in [4.69, 9.17) is 0 Å². The van der Waals surface area contributed by atoms with Gasteiger partial charge in [-0.3, -0.25) is 9.59 Å². The summed E-state index contributed by atoms with van der Waals surface area (Å²) in [5.74, 6) is -2.17. The lowest BCUT2D eigenvalue weighted by Gasteiger charge is -2.05. The first-order valence-corrected chi connectivity index (χ1v) is 5.29. The van der Waals surface area contributed by atoms with Gasteiger partial charge in [-0.2, -0.15) is 13.2 Å². The second-order valence-electron chi connectivity index (χ2n) is 2.96. The number of ketones is 2. The van der Waals surface area contributed by atoms with E-state index in [1.54, 1.807) is 0 Å². The molecule has 0 amide bonds. The van der Waals surface area contributed by atoms with Gasteiger partial charge in [-0.15, -0.1) is 0 Å². The molecule has 0 atom stereocenters. The summed E-state index contributed by atoms with van der Waals surface area (Å²) in [5, 5.41) is 0.0829. The zero-order valence-electron chi connectivity index (χ0n) is 7.84. The smallest absolute Gasteiger partial charge is 0.293 e. The van der Waals surface area contributed by atoms with Crippen molar-refractivity contribution in [2.45, 2.75) is 6.18 Å². The summed E-state index contributed by atoms with van der Waals surface area (Å²) in [6.07, 6.45) is -4.89. The average Bonchev–Trinajstić information content (AvgIpc) is 2.26. The minimum absolute atomic E-state index is 0.0829. The van der Waals surface area contributed by atoms with E-state index in [2.05, 4.69) is 15.9 Å². The molecule has 1 rings (SSSR count). The minimum atomic E-state index is -4.89. The highest BCUT2D eigenvalue weighted by Gasteiger charge is 2.39. The molecule has 0 saturated carbocycles. The van der Waals surface area contributed by atoms with E-state index in [9.17, 15) is 22.8 Å². The van der Waals surface area contributed by atoms with Crippen LogP contribution >= 0.6 is 15.9 Å². The van der Waals surface area contributed by atoms with Crippen molar-refractivity contribution in [1.82, 2.24) is 0 Å². The van der Waals surface area contributed by atoms with Crippen LogP contribution in [0.15, 0.2) is 24.3 Å². The zero-order valence-corrected chi connectivity index (χ0v) is 9.43. The summed E-state index contributed by atoms with van der Waals surface area (Å²) >= 11 is 2.93. The Kier molecular flexibility index (Phi) is 3.85. The first kappa shape index (κ1) is 12.9. The Morgan fingerprint density at radius 3 is 1.88 bits per heavy atom. The van der Waals surface area contributed by atoms with E-state index in [-0.39, 0.29) is 16.7 Å². The van der Waals surface area contributed by atoms with Crippen molar-refractivity contribution in [3.05, 3.63) is 35.4 Å². The molecule has 0 aliphatic rings. The minimum Gasteiger partial charge on any atom is -0.293 e. The van der Waals surface area contributed by atoms with Gasteiger partial charge in [-0.1, -0.05) is 40.2 Å². The summed E-state index contributed by atoms with van der Waals surface area (Å²) in [4.78, 5) is 21.9. The largest absolute Gasteiger partial charge is 0.454 e. The van der Waals surface area contributed by atoms with Gasteiger partial charge in [0.1, 0.15) is 0 Å². The van der Waals surface area contributed by atoms with Crippen LogP contribution in [0.25, 0.3) is 0 Å². The summed E-state index contributed by atoms with van der Waals surface area (Å²) < 4.78 is 36.1. The van der Waals surface area contributed by atoms with Crippen LogP contribution in [0.2, 0.25) is 0 Å². The van der Waals surface area contributed by atoms with E-state index in [0.717, 1.165) is 12.1 Å². The van der Waals surface area contributed by atoms with Crippen molar-refractivity contribution < 1.29 is 22.8 Å². The zero-order chi connectivity index (χ0) is 12.3. The molecule has 0 aliphatic heterocycles. The lowest BCUT2D eigenvalue weighted by atomic mass is 10.1. The van der Waals surface area contributed by atoms with Crippen LogP contribution in [0.4, 0.5) is 13.2 Å². The Morgan fingerprint density at radius 2 is 1.50 bits per heavy atom. The molecular weight excluding hydrogens is 289 g/mol. The quantitative estimate of drug-likeness (QED) is 0.634. The maximum absolute atomic E-state index is 12.0. The first-order chi connectivity index (χ1) is 7.36. The molecule has 0 N–H and O–H groups in total. The van der Waals surface area contributed by atoms with Crippen LogP contribution in [0.5, 0.6) is 0 Å². The predicted molar refractivity (Wildman–Crippen MR) is 55.0 cm³/mol. The molecule has 0 aliphatic carbocycles. The third kappa shape index (κ3) is 2.91. The van der Waals surface area contributed by atoms with E-state index in [1.165, 1.54) is 12.1 Å². The summed E-state index contributed by atoms with van der Waals surface area (Å²) in [5.41, 5.74) is -0.214. The summed E-state index contributed by atoms with van der Waals surface area (Å²) in [7, 11) is 0. The molecule has 2 nitrogen and oxygen atoms in total. The van der Waals surface area contributed by atoms with Gasteiger partial charge in [0, 0.05) is 11.1 Å². The van der Waals surface area contributed by atoms with Crippen LogP contribution in [0.1, 0.15) is 20.7 Å². The Morgan fingerprint density at radius 1 is 1.06 bits per heavy atom. The number of carbonyl (C=O) groups is 2. The van der Waals surface area contributed by atoms with Crippen molar-refractivity contribution in [1.29, 1.82) is 0 Å². The lowest BCUT2D eigenvalue weighted by molar-refractivity contribution is -0.0885. The third-order valence-corrected chi connectivity index (χ3v) is 2.36. The normalized spacial score (nSPS) is 11.2. The Bertz CT molecular complexity index is 409. The maximum Gasteiger partial charge on any atom is 0.454 e. The standard InChI is InChI=1S/C10H6BrF3O2/c11-5-8(15)6-1-3-7(4-2-6)9(16)10(12,13)14/h1-4H,5H2. The molecular formula is C10H6BrF3O2. The second kappa shape index (κ2) is 4.78. The molecule has 1 aromatic carbocycles. The van der Waals surface area contributed by atoms with Gasteiger partial charge in [-0.25, -0.2) is 0 Å². The second-order valence-corrected chi connectivity index (χ2v) is 3.52. The van der Waals surface area contributed by atoms with Gasteiger partial charge in [0.15, 0.2) is 5.78 Å². The van der Waals surface area contributed by atoms with Gasteiger partial charge in [-0.05, 0) is 0 Å².